The van der Waals surface area contributed by atoms with Crippen LogP contribution >= 0.6 is 0 Å². The smallest absolute Gasteiger partial charge is 0.338 e. The molecule has 6 aromatic carbocycles. The molecule has 12 nitrogen and oxygen atoms in total. The van der Waals surface area contributed by atoms with E-state index in [1.807, 2.05) is 36.4 Å². The van der Waals surface area contributed by atoms with Crippen molar-refractivity contribution in [3.05, 3.63) is 216 Å². The zero-order valence-electron chi connectivity index (χ0n) is 46.0. The van der Waals surface area contributed by atoms with Crippen molar-refractivity contribution in [1.29, 1.82) is 0 Å². The quantitative estimate of drug-likeness (QED) is 0.0484. The van der Waals surface area contributed by atoms with Crippen LogP contribution in [0.5, 0.6) is 23.0 Å². The Balaban J connectivity index is 0.000000234. The summed E-state index contributed by atoms with van der Waals surface area (Å²) in [4.78, 5) is 72.3. The van der Waals surface area contributed by atoms with Gasteiger partial charge >= 0.3 is 35.8 Å². The molecule has 0 saturated heterocycles. The van der Waals surface area contributed by atoms with Crippen LogP contribution in [0.3, 0.4) is 0 Å². The zero-order valence-corrected chi connectivity index (χ0v) is 46.0. The molecule has 6 aromatic rings. The summed E-state index contributed by atoms with van der Waals surface area (Å²) in [5.41, 5.74) is 9.96. The largest absolute Gasteiger partial charge is 0.462 e. The Morgan fingerprint density at radius 2 is 0.765 bits per heavy atom. The molecule has 2 atom stereocenters. The van der Waals surface area contributed by atoms with Crippen LogP contribution in [-0.2, 0) is 51.1 Å². The molecule has 8 rings (SSSR count). The van der Waals surface area contributed by atoms with Crippen molar-refractivity contribution in [1.82, 2.24) is 0 Å². The van der Waals surface area contributed by atoms with Gasteiger partial charge in [-0.25, -0.2) is 37.5 Å². The van der Waals surface area contributed by atoms with Crippen molar-refractivity contribution in [3.8, 4) is 67.5 Å². The van der Waals surface area contributed by atoms with E-state index in [0.29, 0.717) is 62.9 Å². The van der Waals surface area contributed by atoms with E-state index < -0.39 is 47.5 Å². The summed E-state index contributed by atoms with van der Waals surface area (Å²) in [6.45, 7) is 31.0. The van der Waals surface area contributed by atoms with E-state index >= 15 is 8.78 Å². The number of fused-ring (bicyclic) bond motifs is 2. The molecular formula is C67H60F2O12. The maximum absolute atomic E-state index is 15.5. The number of benzene rings is 6. The van der Waals surface area contributed by atoms with Crippen LogP contribution in [-0.4, -0.2) is 42.4 Å². The zero-order chi connectivity index (χ0) is 59.0. The monoisotopic (exact) mass is 1090 g/mol. The second kappa shape index (κ2) is 25.5. The van der Waals surface area contributed by atoms with Crippen LogP contribution in [0.15, 0.2) is 182 Å². The van der Waals surface area contributed by atoms with Crippen LogP contribution in [0, 0.1) is 11.6 Å². The predicted octanol–water partition coefficient (Wildman–Crippen LogP) is 14.5. The SMILES string of the molecule is C=C(C)C(=O)OCC1CCc2cc(-c3ccc(-c4ccc(OC(=O)C(=C)C)c(OC(=O)C(=C)C)c4)cc3F)ccc21.C=C(C)C(=O)Oc1ccc(-c2ccc(-c3ccc4c(c3)CCC4OC(=O)C(=C)C)c(F)c2)cc1OC(=O)C(=C)C. The summed E-state index contributed by atoms with van der Waals surface area (Å²) in [5, 5.41) is 0. The molecule has 0 N–H and O–H groups in total. The maximum Gasteiger partial charge on any atom is 0.338 e. The summed E-state index contributed by atoms with van der Waals surface area (Å²) in [7, 11) is 0. The summed E-state index contributed by atoms with van der Waals surface area (Å²) in [6.07, 6.45) is 2.69. The first-order valence-electron chi connectivity index (χ1n) is 25.7. The van der Waals surface area contributed by atoms with Gasteiger partial charge in [-0.3, -0.25) is 0 Å². The van der Waals surface area contributed by atoms with Crippen molar-refractivity contribution in [2.75, 3.05) is 6.61 Å². The van der Waals surface area contributed by atoms with Crippen LogP contribution < -0.4 is 18.9 Å². The third-order valence-corrected chi connectivity index (χ3v) is 13.2. The first-order valence-corrected chi connectivity index (χ1v) is 25.7. The predicted molar refractivity (Wildman–Crippen MR) is 305 cm³/mol. The Kier molecular flexibility index (Phi) is 18.6. The number of halogens is 2. The van der Waals surface area contributed by atoms with E-state index in [0.717, 1.165) is 40.7 Å². The normalized spacial score (nSPS) is 13.6. The highest BCUT2D eigenvalue weighted by atomic mass is 19.1. The average Bonchev–Trinajstić information content (AvgIpc) is 4.15. The lowest BCUT2D eigenvalue weighted by atomic mass is 9.95. The number of carbonyl (C=O) groups excluding carboxylic acids is 6. The summed E-state index contributed by atoms with van der Waals surface area (Å²) >= 11 is 0. The van der Waals surface area contributed by atoms with Gasteiger partial charge < -0.3 is 28.4 Å². The van der Waals surface area contributed by atoms with Gasteiger partial charge in [0.15, 0.2) is 23.0 Å². The van der Waals surface area contributed by atoms with Crippen molar-refractivity contribution in [3.63, 3.8) is 0 Å². The molecule has 0 aliphatic heterocycles. The fourth-order valence-electron chi connectivity index (χ4n) is 8.75. The molecule has 0 amide bonds. The van der Waals surface area contributed by atoms with E-state index in [-0.39, 0.29) is 63.9 Å². The average molecular weight is 1100 g/mol. The summed E-state index contributed by atoms with van der Waals surface area (Å²) in [5.74, 6) is -4.30. The van der Waals surface area contributed by atoms with Crippen LogP contribution in [0.4, 0.5) is 8.78 Å². The Hall–Kier alpha value is -9.56. The second-order valence-corrected chi connectivity index (χ2v) is 20.0. The fraction of sp³-hybridized carbons (Fsp3) is 0.194. The summed E-state index contributed by atoms with van der Waals surface area (Å²) in [6, 6.07) is 30.3. The lowest BCUT2D eigenvalue weighted by Crippen LogP contribution is -2.12. The van der Waals surface area contributed by atoms with Crippen molar-refractivity contribution in [2.24, 2.45) is 0 Å². The highest BCUT2D eigenvalue weighted by molar-refractivity contribution is 5.93. The molecule has 0 heterocycles. The van der Waals surface area contributed by atoms with Crippen LogP contribution in [0.2, 0.25) is 0 Å². The number of esters is 6. The van der Waals surface area contributed by atoms with E-state index in [1.54, 1.807) is 50.2 Å². The van der Waals surface area contributed by atoms with Gasteiger partial charge in [0.05, 0.1) is 6.61 Å². The van der Waals surface area contributed by atoms with Crippen molar-refractivity contribution in [2.45, 2.75) is 79.2 Å². The molecule has 0 radical (unpaired) electrons. The molecular weight excluding hydrogens is 1030 g/mol. The fourth-order valence-corrected chi connectivity index (χ4v) is 8.75. The van der Waals surface area contributed by atoms with E-state index in [2.05, 4.69) is 39.5 Å². The van der Waals surface area contributed by atoms with E-state index in [4.69, 9.17) is 28.4 Å². The minimum Gasteiger partial charge on any atom is -0.462 e. The molecule has 0 aromatic heterocycles. The Labute approximate surface area is 469 Å². The molecule has 0 saturated carbocycles. The maximum atomic E-state index is 15.5. The van der Waals surface area contributed by atoms with Crippen LogP contribution in [0.1, 0.15) is 88.7 Å². The number of hydrogen-bond donors (Lipinski definition) is 0. The highest BCUT2D eigenvalue weighted by Gasteiger charge is 2.28. The molecule has 0 fully saturated rings. The molecule has 81 heavy (non-hydrogen) atoms. The van der Waals surface area contributed by atoms with Gasteiger partial charge in [-0.2, -0.15) is 0 Å². The van der Waals surface area contributed by atoms with Gasteiger partial charge in [0.1, 0.15) is 17.7 Å². The number of carbonyl (C=O) groups is 6. The third kappa shape index (κ3) is 14.4. The van der Waals surface area contributed by atoms with Crippen molar-refractivity contribution >= 4 is 35.8 Å². The van der Waals surface area contributed by atoms with Gasteiger partial charge in [0, 0.05) is 50.5 Å². The van der Waals surface area contributed by atoms with Gasteiger partial charge in [0.2, 0.25) is 0 Å². The lowest BCUT2D eigenvalue weighted by molar-refractivity contribution is -0.144. The minimum atomic E-state index is -0.695. The number of hydrogen-bond acceptors (Lipinski definition) is 12. The highest BCUT2D eigenvalue weighted by Crippen LogP contribution is 2.41. The molecule has 2 unspecified atom stereocenters. The number of rotatable bonds is 17. The first kappa shape index (κ1) is 59.1. The van der Waals surface area contributed by atoms with Gasteiger partial charge in [-0.15, -0.1) is 0 Å². The third-order valence-electron chi connectivity index (χ3n) is 13.2. The topological polar surface area (TPSA) is 158 Å². The first-order chi connectivity index (χ1) is 38.4. The Morgan fingerprint density at radius 3 is 1.19 bits per heavy atom. The molecule has 14 heteroatoms. The molecule has 0 spiro atoms. The van der Waals surface area contributed by atoms with Gasteiger partial charge in [0.25, 0.3) is 0 Å². The lowest BCUT2D eigenvalue weighted by Gasteiger charge is -2.14. The summed E-state index contributed by atoms with van der Waals surface area (Å²) < 4.78 is 63.2. The molecule has 414 valence electrons. The number of aryl methyl sites for hydroxylation is 2. The Bertz CT molecular complexity index is 3660. The standard InChI is InChI=1S/C34H31FO6.C33H29FO6/c1-19(2)32(36)39-18-26-8-7-24-15-25(10-12-27(24)26)28-13-9-22(16-29(28)35)23-11-14-30(40-33(37)20(3)4)31(17-23)41-34(38)21(5)6;1-18(2)31(35)38-28-13-10-24-15-23(8-12-26(24)28)25-11-7-21(16-27(25)34)22-9-14-29(39-32(36)19(3)4)30(17-22)40-33(37)20(5)6/h9-17,26H,1,3,5,7-8,18H2,2,4,6H3;7-9,11-12,14-17,28H,1,3,5,10,13H2,2,4,6H3. The van der Waals surface area contributed by atoms with Gasteiger partial charge in [-0.1, -0.05) is 112 Å². The Morgan fingerprint density at radius 1 is 0.407 bits per heavy atom. The molecule has 2 aliphatic rings. The van der Waals surface area contributed by atoms with Crippen molar-refractivity contribution < 1.29 is 66.0 Å². The number of ether oxygens (including phenoxy) is 6. The minimum absolute atomic E-state index is 0.00306. The molecule has 0 bridgehead atoms. The van der Waals surface area contributed by atoms with Crippen LogP contribution in [0.25, 0.3) is 44.5 Å². The van der Waals surface area contributed by atoms with E-state index in [9.17, 15) is 28.8 Å². The van der Waals surface area contributed by atoms with Gasteiger partial charge in [-0.05, 0) is 159 Å². The molecule has 2 aliphatic carbocycles. The second-order valence-electron chi connectivity index (χ2n) is 20.0. The van der Waals surface area contributed by atoms with E-state index in [1.165, 1.54) is 64.1 Å².